The third-order valence-corrected chi connectivity index (χ3v) is 2.55. The Morgan fingerprint density at radius 2 is 2.31 bits per heavy atom. The van der Waals surface area contributed by atoms with Crippen LogP contribution in [0, 0.1) is 0 Å². The van der Waals surface area contributed by atoms with Crippen LogP contribution in [0.25, 0.3) is 0 Å². The molecule has 0 spiro atoms. The van der Waals surface area contributed by atoms with E-state index >= 15 is 0 Å². The van der Waals surface area contributed by atoms with Crippen molar-refractivity contribution in [3.05, 3.63) is 28.7 Å². The molecule has 16 heavy (non-hydrogen) atoms. The predicted octanol–water partition coefficient (Wildman–Crippen LogP) is 2.56. The molecule has 0 saturated carbocycles. The average Bonchev–Trinajstić information content (AvgIpc) is 2.25. The summed E-state index contributed by atoms with van der Waals surface area (Å²) in [5.41, 5.74) is 0.767. The zero-order valence-corrected chi connectivity index (χ0v) is 11.0. The number of anilines is 1. The standard InChI is InChI=1S/C11H15BrN2O2/c1-14(6-7-16-2)11(15)13-10-5-3-4-9(12)8-10/h3-5,8H,6-7H2,1-2H3,(H,13,15). The summed E-state index contributed by atoms with van der Waals surface area (Å²) in [6, 6.07) is 7.32. The Labute approximate surface area is 104 Å². The van der Waals surface area contributed by atoms with Crippen LogP contribution in [0.5, 0.6) is 0 Å². The number of amides is 2. The van der Waals surface area contributed by atoms with Gasteiger partial charge in [0.15, 0.2) is 0 Å². The van der Waals surface area contributed by atoms with Crippen LogP contribution >= 0.6 is 15.9 Å². The number of rotatable bonds is 4. The molecule has 1 rings (SSSR count). The predicted molar refractivity (Wildman–Crippen MR) is 67.7 cm³/mol. The fourth-order valence-corrected chi connectivity index (χ4v) is 1.51. The van der Waals surface area contributed by atoms with Gasteiger partial charge in [0.1, 0.15) is 0 Å². The van der Waals surface area contributed by atoms with Gasteiger partial charge >= 0.3 is 6.03 Å². The zero-order chi connectivity index (χ0) is 12.0. The van der Waals surface area contributed by atoms with Crippen molar-refractivity contribution in [2.24, 2.45) is 0 Å². The minimum absolute atomic E-state index is 0.143. The van der Waals surface area contributed by atoms with E-state index in [2.05, 4.69) is 21.2 Å². The van der Waals surface area contributed by atoms with Crippen molar-refractivity contribution >= 4 is 27.6 Å². The van der Waals surface area contributed by atoms with E-state index in [9.17, 15) is 4.79 Å². The highest BCUT2D eigenvalue weighted by molar-refractivity contribution is 9.10. The molecule has 0 aliphatic heterocycles. The molecule has 0 fully saturated rings. The molecule has 88 valence electrons. The van der Waals surface area contributed by atoms with Crippen LogP contribution in [-0.4, -0.2) is 38.2 Å². The van der Waals surface area contributed by atoms with E-state index in [1.54, 1.807) is 19.1 Å². The molecular weight excluding hydrogens is 272 g/mol. The topological polar surface area (TPSA) is 41.6 Å². The molecule has 0 bridgehead atoms. The number of halogens is 1. The molecule has 2 amide bonds. The van der Waals surface area contributed by atoms with E-state index in [-0.39, 0.29) is 6.03 Å². The van der Waals surface area contributed by atoms with E-state index in [0.717, 1.165) is 10.2 Å². The molecule has 0 aliphatic rings. The van der Waals surface area contributed by atoms with Gasteiger partial charge < -0.3 is 15.0 Å². The van der Waals surface area contributed by atoms with Crippen LogP contribution in [-0.2, 0) is 4.74 Å². The lowest BCUT2D eigenvalue weighted by atomic mass is 10.3. The number of hydrogen-bond donors (Lipinski definition) is 1. The van der Waals surface area contributed by atoms with Crippen LogP contribution in [0.1, 0.15) is 0 Å². The highest BCUT2D eigenvalue weighted by atomic mass is 79.9. The van der Waals surface area contributed by atoms with Gasteiger partial charge in [0.05, 0.1) is 6.61 Å². The number of carbonyl (C=O) groups is 1. The number of ether oxygens (including phenoxy) is 1. The van der Waals surface area contributed by atoms with Gasteiger partial charge in [0.2, 0.25) is 0 Å². The second kappa shape index (κ2) is 6.50. The van der Waals surface area contributed by atoms with E-state index < -0.39 is 0 Å². The average molecular weight is 287 g/mol. The lowest BCUT2D eigenvalue weighted by Gasteiger charge is -2.17. The molecule has 1 aromatic carbocycles. The molecule has 0 atom stereocenters. The van der Waals surface area contributed by atoms with Gasteiger partial charge in [-0.1, -0.05) is 22.0 Å². The number of methoxy groups -OCH3 is 1. The van der Waals surface area contributed by atoms with Gasteiger partial charge in [-0.2, -0.15) is 0 Å². The smallest absolute Gasteiger partial charge is 0.321 e. The minimum Gasteiger partial charge on any atom is -0.383 e. The molecular formula is C11H15BrN2O2. The van der Waals surface area contributed by atoms with Gasteiger partial charge in [0.25, 0.3) is 0 Å². The van der Waals surface area contributed by atoms with Gasteiger partial charge in [-0.3, -0.25) is 0 Å². The number of nitrogens with one attached hydrogen (secondary N) is 1. The summed E-state index contributed by atoms with van der Waals surface area (Å²) in [6.45, 7) is 1.10. The monoisotopic (exact) mass is 286 g/mol. The summed E-state index contributed by atoms with van der Waals surface area (Å²) >= 11 is 3.35. The molecule has 5 heteroatoms. The van der Waals surface area contributed by atoms with Crippen molar-refractivity contribution in [1.82, 2.24) is 4.90 Å². The number of likely N-dealkylation sites (N-methyl/N-ethyl adjacent to an activating group) is 1. The molecule has 0 radical (unpaired) electrons. The summed E-state index contributed by atoms with van der Waals surface area (Å²) in [6.07, 6.45) is 0. The van der Waals surface area contributed by atoms with E-state index in [1.807, 2.05) is 24.3 Å². The maximum Gasteiger partial charge on any atom is 0.321 e. The van der Waals surface area contributed by atoms with Gasteiger partial charge in [-0.05, 0) is 18.2 Å². The summed E-state index contributed by atoms with van der Waals surface area (Å²) < 4.78 is 5.84. The first-order valence-electron chi connectivity index (χ1n) is 4.90. The van der Waals surface area contributed by atoms with Gasteiger partial charge in [-0.25, -0.2) is 4.79 Å². The largest absolute Gasteiger partial charge is 0.383 e. The van der Waals surface area contributed by atoms with Gasteiger partial charge in [-0.15, -0.1) is 0 Å². The van der Waals surface area contributed by atoms with E-state index in [4.69, 9.17) is 4.74 Å². The van der Waals surface area contributed by atoms with Crippen molar-refractivity contribution in [3.8, 4) is 0 Å². The minimum atomic E-state index is -0.143. The van der Waals surface area contributed by atoms with E-state index in [0.29, 0.717) is 13.2 Å². The first-order valence-corrected chi connectivity index (χ1v) is 5.69. The first kappa shape index (κ1) is 13.0. The summed E-state index contributed by atoms with van der Waals surface area (Å²) in [4.78, 5) is 13.2. The lowest BCUT2D eigenvalue weighted by molar-refractivity contribution is 0.165. The Bertz CT molecular complexity index is 358. The number of nitrogens with zero attached hydrogens (tertiary/aromatic N) is 1. The quantitative estimate of drug-likeness (QED) is 0.924. The zero-order valence-electron chi connectivity index (χ0n) is 9.37. The Kier molecular flexibility index (Phi) is 5.28. The Morgan fingerprint density at radius 1 is 1.56 bits per heavy atom. The van der Waals surface area contributed by atoms with Crippen LogP contribution in [0.15, 0.2) is 28.7 Å². The molecule has 0 unspecified atom stereocenters. The molecule has 0 aliphatic carbocycles. The van der Waals surface area contributed by atoms with Crippen LogP contribution in [0.4, 0.5) is 10.5 Å². The fraction of sp³-hybridized carbons (Fsp3) is 0.364. The Morgan fingerprint density at radius 3 is 2.94 bits per heavy atom. The second-order valence-electron chi connectivity index (χ2n) is 3.35. The number of carbonyl (C=O) groups excluding carboxylic acids is 1. The number of hydrogen-bond acceptors (Lipinski definition) is 2. The summed E-state index contributed by atoms with van der Waals surface area (Å²) in [5, 5.41) is 2.79. The van der Waals surface area contributed by atoms with Crippen molar-refractivity contribution in [2.75, 3.05) is 32.6 Å². The molecule has 0 heterocycles. The fourth-order valence-electron chi connectivity index (χ4n) is 1.11. The SMILES string of the molecule is COCCN(C)C(=O)Nc1cccc(Br)c1. The number of urea groups is 1. The molecule has 1 aromatic rings. The highest BCUT2D eigenvalue weighted by Gasteiger charge is 2.07. The normalized spacial score (nSPS) is 9.94. The Balaban J connectivity index is 2.50. The molecule has 4 nitrogen and oxygen atoms in total. The van der Waals surface area contributed by atoms with Crippen LogP contribution < -0.4 is 5.32 Å². The first-order chi connectivity index (χ1) is 7.63. The van der Waals surface area contributed by atoms with Crippen molar-refractivity contribution in [3.63, 3.8) is 0 Å². The van der Waals surface area contributed by atoms with Crippen LogP contribution in [0.2, 0.25) is 0 Å². The lowest BCUT2D eigenvalue weighted by Crippen LogP contribution is -2.33. The van der Waals surface area contributed by atoms with Crippen LogP contribution in [0.3, 0.4) is 0 Å². The van der Waals surface area contributed by atoms with Gasteiger partial charge in [0, 0.05) is 30.9 Å². The van der Waals surface area contributed by atoms with Crippen molar-refractivity contribution in [2.45, 2.75) is 0 Å². The van der Waals surface area contributed by atoms with E-state index in [1.165, 1.54) is 0 Å². The molecule has 0 saturated heterocycles. The number of benzene rings is 1. The maximum absolute atomic E-state index is 11.7. The third-order valence-electron chi connectivity index (χ3n) is 2.05. The van der Waals surface area contributed by atoms with Crippen molar-refractivity contribution in [1.29, 1.82) is 0 Å². The third kappa shape index (κ3) is 4.20. The summed E-state index contributed by atoms with van der Waals surface area (Å²) in [7, 11) is 3.34. The van der Waals surface area contributed by atoms with Crippen molar-refractivity contribution < 1.29 is 9.53 Å². The maximum atomic E-state index is 11.7. The molecule has 1 N–H and O–H groups in total. The molecule has 0 aromatic heterocycles. The highest BCUT2D eigenvalue weighted by Crippen LogP contribution is 2.15. The Hall–Kier alpha value is -1.07. The summed E-state index contributed by atoms with van der Waals surface area (Å²) in [5.74, 6) is 0. The second-order valence-corrected chi connectivity index (χ2v) is 4.27.